The average Bonchev–Trinajstić information content (AvgIpc) is 2.30. The van der Waals surface area contributed by atoms with E-state index in [0.717, 1.165) is 6.33 Å². The van der Waals surface area contributed by atoms with E-state index in [-0.39, 0.29) is 5.69 Å². The van der Waals surface area contributed by atoms with Crippen LogP contribution in [0.4, 0.5) is 0 Å². The first kappa shape index (κ1) is 7.21. The molecule has 1 heterocycles. The van der Waals surface area contributed by atoms with Crippen molar-refractivity contribution < 1.29 is 5.03 Å². The molecule has 0 aliphatic heterocycles. The molecule has 0 bridgehead atoms. The molecule has 56 valence electrons. The van der Waals surface area contributed by atoms with Crippen molar-refractivity contribution in [3.05, 3.63) is 27.8 Å². The topological polar surface area (TPSA) is 84.8 Å². The molecule has 1 aromatic rings. The molecule has 0 radical (unpaired) electrons. The van der Waals surface area contributed by atoms with E-state index in [1.54, 1.807) is 13.0 Å². The summed E-state index contributed by atoms with van der Waals surface area (Å²) in [6.45, 7) is 1.54. The second-order valence-corrected chi connectivity index (χ2v) is 1.87. The molecule has 0 aromatic carbocycles. The Morgan fingerprint density at radius 1 is 1.91 bits per heavy atom. The Kier molecular flexibility index (Phi) is 1.56. The van der Waals surface area contributed by atoms with Crippen molar-refractivity contribution in [2.75, 3.05) is 0 Å². The van der Waals surface area contributed by atoms with Crippen LogP contribution in [0.15, 0.2) is 6.33 Å². The highest BCUT2D eigenvalue weighted by Gasteiger charge is 2.13. The molecule has 0 spiro atoms. The van der Waals surface area contributed by atoms with Gasteiger partial charge >= 0.3 is 0 Å². The van der Waals surface area contributed by atoms with E-state index in [1.165, 1.54) is 0 Å². The molecule has 1 aromatic heterocycles. The van der Waals surface area contributed by atoms with Crippen molar-refractivity contribution in [1.82, 2.24) is 9.66 Å². The van der Waals surface area contributed by atoms with Crippen LogP contribution in [0.1, 0.15) is 11.4 Å². The molecule has 0 fully saturated rings. The molecular formula is C5H4N4O2. The van der Waals surface area contributed by atoms with Crippen LogP contribution in [-0.4, -0.2) is 14.7 Å². The standard InChI is InChI=1S/C5H4N4O2/c1-4-5(2-6)8(3-7-4)9(10)11/h3H,1H3. The lowest BCUT2D eigenvalue weighted by atomic mass is 10.4. The van der Waals surface area contributed by atoms with Gasteiger partial charge in [0.15, 0.2) is 11.4 Å². The van der Waals surface area contributed by atoms with Crippen molar-refractivity contribution in [2.45, 2.75) is 6.92 Å². The normalized spacial score (nSPS) is 9.09. The van der Waals surface area contributed by atoms with Crippen molar-refractivity contribution in [3.63, 3.8) is 0 Å². The lowest BCUT2D eigenvalue weighted by Crippen LogP contribution is -2.09. The van der Waals surface area contributed by atoms with Crippen LogP contribution in [0.2, 0.25) is 0 Å². The van der Waals surface area contributed by atoms with E-state index in [0.29, 0.717) is 10.4 Å². The number of hydrogen-bond acceptors (Lipinski definition) is 4. The zero-order valence-corrected chi connectivity index (χ0v) is 5.68. The van der Waals surface area contributed by atoms with Crippen molar-refractivity contribution in [1.29, 1.82) is 5.26 Å². The lowest BCUT2D eigenvalue weighted by Gasteiger charge is -1.88. The maximum absolute atomic E-state index is 10.2. The van der Waals surface area contributed by atoms with E-state index in [2.05, 4.69) is 4.98 Å². The zero-order valence-electron chi connectivity index (χ0n) is 5.68. The Morgan fingerprint density at radius 2 is 2.55 bits per heavy atom. The summed E-state index contributed by atoms with van der Waals surface area (Å²) in [5.41, 5.74) is 0.333. The summed E-state index contributed by atoms with van der Waals surface area (Å²) in [6.07, 6.45) is 1.01. The van der Waals surface area contributed by atoms with Gasteiger partial charge in [0, 0.05) is 0 Å². The summed E-state index contributed by atoms with van der Waals surface area (Å²) in [7, 11) is 0. The lowest BCUT2D eigenvalue weighted by molar-refractivity contribution is -0.542. The SMILES string of the molecule is Cc1ncn([N+](=O)[O-])c1C#N. The minimum absolute atomic E-state index is 0.0324. The van der Waals surface area contributed by atoms with Gasteiger partial charge in [-0.1, -0.05) is 0 Å². The summed E-state index contributed by atoms with van der Waals surface area (Å²) < 4.78 is 0.593. The molecule has 0 saturated heterocycles. The van der Waals surface area contributed by atoms with Crippen molar-refractivity contribution in [3.8, 4) is 6.07 Å². The van der Waals surface area contributed by atoms with Gasteiger partial charge in [0.25, 0.3) is 0 Å². The predicted molar refractivity (Wildman–Crippen MR) is 34.1 cm³/mol. The Labute approximate surface area is 61.8 Å². The van der Waals surface area contributed by atoms with Gasteiger partial charge in [-0.25, -0.2) is 15.1 Å². The first-order chi connectivity index (χ1) is 5.16. The first-order valence-electron chi connectivity index (χ1n) is 2.75. The minimum Gasteiger partial charge on any atom is -0.234 e. The maximum atomic E-state index is 10.2. The Hall–Kier alpha value is -1.90. The van der Waals surface area contributed by atoms with E-state index in [9.17, 15) is 10.1 Å². The van der Waals surface area contributed by atoms with Crippen LogP contribution >= 0.6 is 0 Å². The zero-order chi connectivity index (χ0) is 8.43. The number of nitrogens with zero attached hydrogens (tertiary/aromatic N) is 4. The van der Waals surface area contributed by atoms with Crippen LogP contribution in [0.5, 0.6) is 0 Å². The summed E-state index contributed by atoms with van der Waals surface area (Å²) in [5, 5.41) is 17.9. The Balaban J connectivity index is 3.30. The van der Waals surface area contributed by atoms with Crippen LogP contribution < -0.4 is 0 Å². The number of aryl methyl sites for hydroxylation is 1. The molecule has 1 rings (SSSR count). The highest BCUT2D eigenvalue weighted by molar-refractivity contribution is 5.24. The number of nitriles is 1. The molecule has 0 aliphatic rings. The third-order valence-corrected chi connectivity index (χ3v) is 1.21. The Bertz CT molecular complexity index is 335. The number of nitro groups is 1. The molecule has 0 N–H and O–H groups in total. The number of imidazole rings is 1. The van der Waals surface area contributed by atoms with Gasteiger partial charge in [-0.2, -0.15) is 5.26 Å². The largest absolute Gasteiger partial charge is 0.234 e. The van der Waals surface area contributed by atoms with Gasteiger partial charge in [-0.05, 0) is 11.6 Å². The fourth-order valence-corrected chi connectivity index (χ4v) is 0.682. The smallest absolute Gasteiger partial charge is 0.210 e. The van der Waals surface area contributed by atoms with Crippen LogP contribution in [-0.2, 0) is 0 Å². The van der Waals surface area contributed by atoms with E-state index < -0.39 is 5.03 Å². The summed E-state index contributed by atoms with van der Waals surface area (Å²) in [6, 6.07) is 1.68. The third kappa shape index (κ3) is 1.03. The summed E-state index contributed by atoms with van der Waals surface area (Å²) in [4.78, 5) is 13.8. The molecule has 0 aliphatic carbocycles. The molecule has 11 heavy (non-hydrogen) atoms. The van der Waals surface area contributed by atoms with Gasteiger partial charge in [-0.3, -0.25) is 0 Å². The average molecular weight is 152 g/mol. The fourth-order valence-electron chi connectivity index (χ4n) is 0.682. The van der Waals surface area contributed by atoms with Gasteiger partial charge < -0.3 is 0 Å². The third-order valence-electron chi connectivity index (χ3n) is 1.21. The van der Waals surface area contributed by atoms with Crippen LogP contribution in [0.25, 0.3) is 0 Å². The van der Waals surface area contributed by atoms with Gasteiger partial charge in [-0.15, -0.1) is 0 Å². The summed E-state index contributed by atoms with van der Waals surface area (Å²) in [5.74, 6) is 0. The first-order valence-corrected chi connectivity index (χ1v) is 2.75. The van der Waals surface area contributed by atoms with E-state index in [1.807, 2.05) is 0 Å². The fraction of sp³-hybridized carbons (Fsp3) is 0.200. The molecule has 6 heteroatoms. The Morgan fingerprint density at radius 3 is 2.91 bits per heavy atom. The van der Waals surface area contributed by atoms with Gasteiger partial charge in [0.2, 0.25) is 5.69 Å². The summed E-state index contributed by atoms with van der Waals surface area (Å²) >= 11 is 0. The molecule has 0 unspecified atom stereocenters. The van der Waals surface area contributed by atoms with Crippen LogP contribution in [0.3, 0.4) is 0 Å². The van der Waals surface area contributed by atoms with E-state index >= 15 is 0 Å². The quantitative estimate of drug-likeness (QED) is 0.422. The molecule has 0 amide bonds. The van der Waals surface area contributed by atoms with Gasteiger partial charge in [0.05, 0.1) is 5.69 Å². The maximum Gasteiger partial charge on any atom is 0.210 e. The molecular weight excluding hydrogens is 148 g/mol. The van der Waals surface area contributed by atoms with E-state index in [4.69, 9.17) is 5.26 Å². The number of hydrogen-bond donors (Lipinski definition) is 0. The number of aromatic nitrogens is 2. The predicted octanol–water partition coefficient (Wildman–Crippen LogP) is 0.103. The highest BCUT2D eigenvalue weighted by Crippen LogP contribution is 2.02. The van der Waals surface area contributed by atoms with Crippen LogP contribution in [0, 0.1) is 28.4 Å². The van der Waals surface area contributed by atoms with Gasteiger partial charge in [0.1, 0.15) is 6.07 Å². The number of rotatable bonds is 1. The minimum atomic E-state index is -0.696. The second kappa shape index (κ2) is 2.38. The molecule has 0 saturated carbocycles. The highest BCUT2D eigenvalue weighted by atomic mass is 16.7. The molecule has 0 atom stereocenters. The monoisotopic (exact) mass is 152 g/mol. The van der Waals surface area contributed by atoms with Crippen molar-refractivity contribution in [2.24, 2.45) is 0 Å². The molecule has 6 nitrogen and oxygen atoms in total. The second-order valence-electron chi connectivity index (χ2n) is 1.87. The van der Waals surface area contributed by atoms with Crippen molar-refractivity contribution >= 4 is 0 Å².